The van der Waals surface area contributed by atoms with Crippen molar-refractivity contribution in [2.24, 2.45) is 0 Å². The summed E-state index contributed by atoms with van der Waals surface area (Å²) in [6, 6.07) is 25.0. The zero-order chi connectivity index (χ0) is 21.2. The van der Waals surface area contributed by atoms with Crippen LogP contribution in [0.3, 0.4) is 0 Å². The van der Waals surface area contributed by atoms with Crippen molar-refractivity contribution in [1.82, 2.24) is 10.3 Å². The number of carbonyl (C=O) groups is 1. The molecule has 0 spiro atoms. The summed E-state index contributed by atoms with van der Waals surface area (Å²) < 4.78 is 5.66. The van der Waals surface area contributed by atoms with Crippen molar-refractivity contribution in [1.29, 1.82) is 0 Å². The van der Waals surface area contributed by atoms with E-state index in [0.29, 0.717) is 6.61 Å². The van der Waals surface area contributed by atoms with Crippen LogP contribution in [0.2, 0.25) is 0 Å². The first kappa shape index (κ1) is 19.3. The number of aromatic nitrogens is 1. The van der Waals surface area contributed by atoms with E-state index in [9.17, 15) is 4.79 Å². The summed E-state index contributed by atoms with van der Waals surface area (Å²) in [5, 5.41) is 5.24. The van der Waals surface area contributed by atoms with Crippen LogP contribution in [0.5, 0.6) is 0 Å². The van der Waals surface area contributed by atoms with Gasteiger partial charge in [-0.25, -0.2) is 4.79 Å². The highest BCUT2D eigenvalue weighted by Gasteiger charge is 2.29. The molecule has 0 bridgehead atoms. The molecule has 3 aromatic carbocycles. The lowest BCUT2D eigenvalue weighted by molar-refractivity contribution is 0.139. The Hall–Kier alpha value is -3.66. The molecule has 154 valence electrons. The Bertz CT molecular complexity index is 1210. The van der Waals surface area contributed by atoms with Gasteiger partial charge in [0.05, 0.1) is 0 Å². The molecule has 0 radical (unpaired) electrons. The number of hydrogen-bond acceptors (Lipinski definition) is 3. The quantitative estimate of drug-likeness (QED) is 0.460. The summed E-state index contributed by atoms with van der Waals surface area (Å²) in [6.45, 7) is 2.33. The number of fused-ring (bicyclic) bond motifs is 4. The lowest BCUT2D eigenvalue weighted by atomic mass is 9.98. The molecule has 1 atom stereocenters. The van der Waals surface area contributed by atoms with Gasteiger partial charge in [0.1, 0.15) is 6.61 Å². The second-order valence-corrected chi connectivity index (χ2v) is 8.13. The van der Waals surface area contributed by atoms with Gasteiger partial charge < -0.3 is 10.1 Å². The minimum atomic E-state index is -0.376. The number of nitrogens with zero attached hydrogens (tertiary/aromatic N) is 1. The third kappa shape index (κ3) is 3.89. The smallest absolute Gasteiger partial charge is 0.407 e. The summed E-state index contributed by atoms with van der Waals surface area (Å²) in [7, 11) is 0. The number of pyridine rings is 1. The molecule has 1 amide bonds. The maximum atomic E-state index is 12.5. The van der Waals surface area contributed by atoms with Crippen molar-refractivity contribution >= 4 is 16.9 Å². The molecule has 5 rings (SSSR count). The molecule has 0 aliphatic heterocycles. The van der Waals surface area contributed by atoms with Gasteiger partial charge in [-0.1, -0.05) is 66.7 Å². The number of carbonyl (C=O) groups excluding carboxylic acids is 1. The molecular weight excluding hydrogens is 384 g/mol. The lowest BCUT2D eigenvalue weighted by Crippen LogP contribution is -2.35. The van der Waals surface area contributed by atoms with Gasteiger partial charge in [0.2, 0.25) is 0 Å². The van der Waals surface area contributed by atoms with Gasteiger partial charge in [0.15, 0.2) is 0 Å². The van der Waals surface area contributed by atoms with Gasteiger partial charge in [-0.3, -0.25) is 4.98 Å². The summed E-state index contributed by atoms with van der Waals surface area (Å²) in [6.07, 6.45) is 4.02. The average molecular weight is 409 g/mol. The second-order valence-electron chi connectivity index (χ2n) is 8.13. The molecule has 0 saturated carbocycles. The summed E-state index contributed by atoms with van der Waals surface area (Å²) in [4.78, 5) is 16.6. The number of ether oxygens (including phenoxy) is 1. The number of rotatable bonds is 5. The molecule has 1 N–H and O–H groups in total. The van der Waals surface area contributed by atoms with E-state index in [-0.39, 0.29) is 18.1 Å². The Morgan fingerprint density at radius 3 is 2.42 bits per heavy atom. The number of hydrogen-bond donors (Lipinski definition) is 1. The minimum absolute atomic E-state index is 0.0325. The van der Waals surface area contributed by atoms with Gasteiger partial charge in [-0.05, 0) is 52.6 Å². The van der Waals surface area contributed by atoms with Crippen molar-refractivity contribution in [3.8, 4) is 11.1 Å². The lowest BCUT2D eigenvalue weighted by Gasteiger charge is -2.17. The fraction of sp³-hybridized carbons (Fsp3) is 0.185. The van der Waals surface area contributed by atoms with Gasteiger partial charge in [0, 0.05) is 29.7 Å². The largest absolute Gasteiger partial charge is 0.449 e. The number of benzene rings is 3. The molecule has 4 aromatic rings. The van der Waals surface area contributed by atoms with E-state index in [4.69, 9.17) is 4.74 Å². The van der Waals surface area contributed by atoms with Crippen LogP contribution in [0.25, 0.3) is 21.9 Å². The Labute approximate surface area is 181 Å². The van der Waals surface area contributed by atoms with E-state index in [2.05, 4.69) is 64.9 Å². The van der Waals surface area contributed by atoms with Gasteiger partial charge in [0.25, 0.3) is 0 Å². The predicted octanol–water partition coefficient (Wildman–Crippen LogP) is 5.70. The van der Waals surface area contributed by atoms with Crippen molar-refractivity contribution in [2.45, 2.75) is 25.3 Å². The van der Waals surface area contributed by atoms with E-state index < -0.39 is 0 Å². The van der Waals surface area contributed by atoms with E-state index in [1.54, 1.807) is 6.20 Å². The fourth-order valence-corrected chi connectivity index (χ4v) is 4.51. The van der Waals surface area contributed by atoms with E-state index in [0.717, 1.165) is 17.2 Å². The molecule has 1 heterocycles. The van der Waals surface area contributed by atoms with Crippen LogP contribution < -0.4 is 5.32 Å². The monoisotopic (exact) mass is 408 g/mol. The molecule has 1 aliphatic carbocycles. The van der Waals surface area contributed by atoms with Crippen LogP contribution in [0.15, 0.2) is 85.2 Å². The third-order valence-corrected chi connectivity index (χ3v) is 5.95. The van der Waals surface area contributed by atoms with E-state index in [1.165, 1.54) is 27.8 Å². The van der Waals surface area contributed by atoms with Gasteiger partial charge in [-0.15, -0.1) is 0 Å². The average Bonchev–Trinajstić information content (AvgIpc) is 3.11. The van der Waals surface area contributed by atoms with Gasteiger partial charge in [-0.2, -0.15) is 0 Å². The first-order chi connectivity index (χ1) is 15.2. The number of nitrogens with one attached hydrogen (secondary N) is 1. The Kier molecular flexibility index (Phi) is 5.13. The molecule has 1 unspecified atom stereocenters. The van der Waals surface area contributed by atoms with Crippen LogP contribution in [0.4, 0.5) is 4.79 Å². The topological polar surface area (TPSA) is 51.2 Å². The first-order valence-corrected chi connectivity index (χ1v) is 10.6. The molecule has 1 aromatic heterocycles. The van der Waals surface area contributed by atoms with Crippen molar-refractivity contribution in [3.05, 3.63) is 102 Å². The normalized spacial score (nSPS) is 13.5. The van der Waals surface area contributed by atoms with Crippen LogP contribution in [-0.4, -0.2) is 23.7 Å². The van der Waals surface area contributed by atoms with Crippen LogP contribution in [0, 0.1) is 0 Å². The van der Waals surface area contributed by atoms with Crippen molar-refractivity contribution in [3.63, 3.8) is 0 Å². The summed E-state index contributed by atoms with van der Waals surface area (Å²) in [5.41, 5.74) is 6.06. The van der Waals surface area contributed by atoms with Crippen LogP contribution in [-0.2, 0) is 11.2 Å². The van der Waals surface area contributed by atoms with Crippen molar-refractivity contribution < 1.29 is 9.53 Å². The summed E-state index contributed by atoms with van der Waals surface area (Å²) >= 11 is 0. The SMILES string of the molecule is CC(Cc1ccc2cnccc2c1)NC(=O)OCC1c2ccccc2-c2ccccc21. The Balaban J connectivity index is 1.22. The Morgan fingerprint density at radius 1 is 0.968 bits per heavy atom. The Morgan fingerprint density at radius 2 is 1.68 bits per heavy atom. The third-order valence-electron chi connectivity index (χ3n) is 5.95. The number of alkyl carbamates (subject to hydrolysis) is 1. The zero-order valence-electron chi connectivity index (χ0n) is 17.4. The fourth-order valence-electron chi connectivity index (χ4n) is 4.51. The van der Waals surface area contributed by atoms with E-state index in [1.807, 2.05) is 31.3 Å². The molecule has 4 heteroatoms. The minimum Gasteiger partial charge on any atom is -0.449 e. The first-order valence-electron chi connectivity index (χ1n) is 10.6. The maximum Gasteiger partial charge on any atom is 0.407 e. The molecule has 0 fully saturated rings. The van der Waals surface area contributed by atoms with Crippen molar-refractivity contribution in [2.75, 3.05) is 6.61 Å². The molecular formula is C27H24N2O2. The summed E-state index contributed by atoms with van der Waals surface area (Å²) in [5.74, 6) is 0.0718. The number of amides is 1. The maximum absolute atomic E-state index is 12.5. The molecule has 4 nitrogen and oxygen atoms in total. The highest BCUT2D eigenvalue weighted by atomic mass is 16.5. The second kappa shape index (κ2) is 8.23. The zero-order valence-corrected chi connectivity index (χ0v) is 17.4. The highest BCUT2D eigenvalue weighted by Crippen LogP contribution is 2.44. The molecule has 1 aliphatic rings. The van der Waals surface area contributed by atoms with Crippen LogP contribution >= 0.6 is 0 Å². The van der Waals surface area contributed by atoms with Gasteiger partial charge >= 0.3 is 6.09 Å². The predicted molar refractivity (Wildman–Crippen MR) is 123 cm³/mol. The highest BCUT2D eigenvalue weighted by molar-refractivity contribution is 5.82. The van der Waals surface area contributed by atoms with E-state index >= 15 is 0 Å². The van der Waals surface area contributed by atoms with Crippen LogP contribution in [0.1, 0.15) is 29.5 Å². The molecule has 0 saturated heterocycles. The standard InChI is InChI=1S/C27H24N2O2/c1-18(14-19-10-11-21-16-28-13-12-20(21)15-19)29-27(30)31-17-26-24-8-4-2-6-22(24)23-7-3-5-9-25(23)26/h2-13,15-16,18,26H,14,17H2,1H3,(H,29,30). The molecule has 31 heavy (non-hydrogen) atoms.